The molecular formula is C13H13NO4. The fourth-order valence-electron chi connectivity index (χ4n) is 2.44. The van der Waals surface area contributed by atoms with Crippen LogP contribution in [0.4, 0.5) is 10.5 Å². The molecule has 1 saturated carbocycles. The number of carbonyl (C=O) groups is 2. The molecule has 2 fully saturated rings. The van der Waals surface area contributed by atoms with Crippen molar-refractivity contribution in [2.75, 3.05) is 11.4 Å². The Morgan fingerprint density at radius 3 is 2.39 bits per heavy atom. The first-order valence-corrected chi connectivity index (χ1v) is 5.94. The maximum atomic E-state index is 11.8. The second-order valence-electron chi connectivity index (χ2n) is 4.84. The van der Waals surface area contributed by atoms with Crippen molar-refractivity contribution in [3.63, 3.8) is 0 Å². The number of ether oxygens (including phenoxy) is 1. The molecule has 1 N–H and O–H groups in total. The summed E-state index contributed by atoms with van der Waals surface area (Å²) in [7, 11) is 0. The monoisotopic (exact) mass is 247 g/mol. The van der Waals surface area contributed by atoms with Crippen LogP contribution >= 0.6 is 0 Å². The highest BCUT2D eigenvalue weighted by Gasteiger charge is 2.49. The third-order valence-corrected chi connectivity index (χ3v) is 3.66. The average Bonchev–Trinajstić information content (AvgIpc) is 2.67. The van der Waals surface area contributed by atoms with Crippen molar-refractivity contribution >= 4 is 17.7 Å². The van der Waals surface area contributed by atoms with Crippen LogP contribution in [0.3, 0.4) is 0 Å². The van der Waals surface area contributed by atoms with Gasteiger partial charge in [-0.25, -0.2) is 9.59 Å². The minimum Gasteiger partial charge on any atom is -0.478 e. The first-order valence-electron chi connectivity index (χ1n) is 5.94. The van der Waals surface area contributed by atoms with Gasteiger partial charge in [0.2, 0.25) is 0 Å². The average molecular weight is 247 g/mol. The lowest BCUT2D eigenvalue weighted by Crippen LogP contribution is -2.41. The van der Waals surface area contributed by atoms with Gasteiger partial charge < -0.3 is 9.84 Å². The quantitative estimate of drug-likeness (QED) is 0.870. The highest BCUT2D eigenvalue weighted by Crippen LogP contribution is 2.42. The van der Waals surface area contributed by atoms with Crippen LogP contribution in [-0.2, 0) is 4.74 Å². The van der Waals surface area contributed by atoms with Crippen molar-refractivity contribution in [2.45, 2.75) is 24.9 Å². The molecule has 18 heavy (non-hydrogen) atoms. The van der Waals surface area contributed by atoms with E-state index in [4.69, 9.17) is 9.84 Å². The highest BCUT2D eigenvalue weighted by molar-refractivity contribution is 5.92. The summed E-state index contributed by atoms with van der Waals surface area (Å²) in [6, 6.07) is 6.28. The first kappa shape index (κ1) is 11.1. The fraction of sp³-hybridized carbons (Fsp3) is 0.385. The summed E-state index contributed by atoms with van der Waals surface area (Å²) in [6.07, 6.45) is 2.60. The number of hydrogen-bond donors (Lipinski definition) is 1. The number of aromatic carboxylic acids is 1. The Hall–Kier alpha value is -2.04. The Labute approximate surface area is 104 Å². The Bertz CT molecular complexity index is 504. The molecule has 0 atom stereocenters. The smallest absolute Gasteiger partial charge is 0.415 e. The number of nitrogens with zero attached hydrogens (tertiary/aromatic N) is 1. The lowest BCUT2D eigenvalue weighted by Gasteiger charge is -2.35. The second-order valence-corrected chi connectivity index (χ2v) is 4.84. The number of hydrogen-bond acceptors (Lipinski definition) is 3. The topological polar surface area (TPSA) is 66.8 Å². The van der Waals surface area contributed by atoms with E-state index >= 15 is 0 Å². The Balaban J connectivity index is 1.82. The normalized spacial score (nSPS) is 20.7. The molecule has 1 aliphatic heterocycles. The van der Waals surface area contributed by atoms with Crippen LogP contribution in [0.15, 0.2) is 24.3 Å². The predicted molar refractivity (Wildman–Crippen MR) is 63.8 cm³/mol. The van der Waals surface area contributed by atoms with Gasteiger partial charge in [0.25, 0.3) is 0 Å². The first-order chi connectivity index (χ1) is 8.60. The molecule has 94 valence electrons. The maximum absolute atomic E-state index is 11.8. The Kier molecular flexibility index (Phi) is 2.29. The van der Waals surface area contributed by atoms with Gasteiger partial charge in [-0.15, -0.1) is 0 Å². The van der Waals surface area contributed by atoms with Gasteiger partial charge in [-0.1, -0.05) is 0 Å². The highest BCUT2D eigenvalue weighted by atomic mass is 16.6. The molecular weight excluding hydrogens is 234 g/mol. The largest absolute Gasteiger partial charge is 0.478 e. The number of carboxylic acid groups (broad SMARTS) is 1. The van der Waals surface area contributed by atoms with Crippen LogP contribution in [0.2, 0.25) is 0 Å². The van der Waals surface area contributed by atoms with Crippen LogP contribution in [0.5, 0.6) is 0 Å². The van der Waals surface area contributed by atoms with E-state index in [0.29, 0.717) is 12.2 Å². The number of anilines is 1. The van der Waals surface area contributed by atoms with Crippen molar-refractivity contribution in [3.05, 3.63) is 29.8 Å². The summed E-state index contributed by atoms with van der Waals surface area (Å²) >= 11 is 0. The molecule has 1 saturated heterocycles. The molecule has 0 radical (unpaired) electrons. The van der Waals surface area contributed by atoms with Gasteiger partial charge in [-0.3, -0.25) is 4.90 Å². The van der Waals surface area contributed by atoms with Crippen molar-refractivity contribution in [2.24, 2.45) is 0 Å². The predicted octanol–water partition coefficient (Wildman–Crippen LogP) is 2.26. The fourth-order valence-corrected chi connectivity index (χ4v) is 2.44. The lowest BCUT2D eigenvalue weighted by molar-refractivity contribution is -0.00650. The van der Waals surface area contributed by atoms with Gasteiger partial charge in [0, 0.05) is 5.69 Å². The van der Waals surface area contributed by atoms with Gasteiger partial charge in [-0.05, 0) is 43.5 Å². The van der Waals surface area contributed by atoms with Gasteiger partial charge in [0.1, 0.15) is 5.60 Å². The van der Waals surface area contributed by atoms with E-state index in [9.17, 15) is 9.59 Å². The zero-order chi connectivity index (χ0) is 12.8. The Morgan fingerprint density at radius 1 is 1.28 bits per heavy atom. The summed E-state index contributed by atoms with van der Waals surface area (Å²) in [6.45, 7) is 0.568. The molecule has 1 spiro atoms. The van der Waals surface area contributed by atoms with Gasteiger partial charge in [-0.2, -0.15) is 0 Å². The number of carbonyl (C=O) groups excluding carboxylic acids is 1. The van der Waals surface area contributed by atoms with Crippen LogP contribution in [-0.4, -0.2) is 29.3 Å². The van der Waals surface area contributed by atoms with E-state index in [1.165, 1.54) is 12.1 Å². The molecule has 0 unspecified atom stereocenters. The molecule has 1 aromatic carbocycles. The second kappa shape index (κ2) is 3.73. The third kappa shape index (κ3) is 1.63. The van der Waals surface area contributed by atoms with Gasteiger partial charge >= 0.3 is 12.1 Å². The van der Waals surface area contributed by atoms with Crippen molar-refractivity contribution in [1.29, 1.82) is 0 Å². The molecule has 1 amide bonds. The molecule has 3 rings (SSSR count). The lowest BCUT2D eigenvalue weighted by atomic mass is 9.80. The van der Waals surface area contributed by atoms with E-state index in [1.54, 1.807) is 17.0 Å². The number of rotatable bonds is 2. The van der Waals surface area contributed by atoms with Crippen molar-refractivity contribution in [1.82, 2.24) is 0 Å². The molecule has 2 aliphatic rings. The number of benzene rings is 1. The van der Waals surface area contributed by atoms with Crippen LogP contribution in [0.1, 0.15) is 29.6 Å². The van der Waals surface area contributed by atoms with Crippen LogP contribution in [0.25, 0.3) is 0 Å². The van der Waals surface area contributed by atoms with E-state index in [2.05, 4.69) is 0 Å². The molecule has 5 nitrogen and oxygen atoms in total. The minimum atomic E-state index is -0.971. The van der Waals surface area contributed by atoms with E-state index in [0.717, 1.165) is 19.3 Å². The summed E-state index contributed by atoms with van der Waals surface area (Å²) in [4.78, 5) is 24.1. The van der Waals surface area contributed by atoms with Gasteiger partial charge in [0.05, 0.1) is 12.1 Å². The molecule has 5 heteroatoms. The van der Waals surface area contributed by atoms with Crippen molar-refractivity contribution < 1.29 is 19.4 Å². The zero-order valence-corrected chi connectivity index (χ0v) is 9.76. The summed E-state index contributed by atoms with van der Waals surface area (Å²) in [5.41, 5.74) is 0.612. The molecule has 1 aromatic rings. The molecule has 0 bridgehead atoms. The summed E-state index contributed by atoms with van der Waals surface area (Å²) < 4.78 is 5.40. The van der Waals surface area contributed by atoms with Crippen molar-refractivity contribution in [3.8, 4) is 0 Å². The molecule has 1 heterocycles. The number of carboxylic acids is 1. The maximum Gasteiger partial charge on any atom is 0.415 e. The van der Waals surface area contributed by atoms with E-state index < -0.39 is 5.97 Å². The van der Waals surface area contributed by atoms with Gasteiger partial charge in [0.15, 0.2) is 0 Å². The van der Waals surface area contributed by atoms with E-state index in [-0.39, 0.29) is 17.3 Å². The SMILES string of the molecule is O=C(O)c1ccc(N2CC3(CCC3)OC2=O)cc1. The van der Waals surface area contributed by atoms with E-state index in [1.807, 2.05) is 0 Å². The summed E-state index contributed by atoms with van der Waals surface area (Å²) in [5.74, 6) is -0.971. The van der Waals surface area contributed by atoms with Crippen LogP contribution < -0.4 is 4.90 Å². The molecule has 1 aliphatic carbocycles. The third-order valence-electron chi connectivity index (χ3n) is 3.66. The summed E-state index contributed by atoms with van der Waals surface area (Å²) in [5, 5.41) is 8.82. The Morgan fingerprint density at radius 2 is 1.94 bits per heavy atom. The standard InChI is InChI=1S/C13H13NO4/c15-11(16)9-2-4-10(5-3-9)14-8-13(6-1-7-13)18-12(14)17/h2-5H,1,6-8H2,(H,15,16). The zero-order valence-electron chi connectivity index (χ0n) is 9.76. The van der Waals surface area contributed by atoms with Crippen LogP contribution in [0, 0.1) is 0 Å². The minimum absolute atomic E-state index is 0.213. The molecule has 0 aromatic heterocycles. The number of amides is 1.